The number of rotatable bonds is 10. The van der Waals surface area contributed by atoms with Gasteiger partial charge >= 0.3 is 0 Å². The molecule has 0 spiro atoms. The van der Waals surface area contributed by atoms with Crippen molar-refractivity contribution in [1.29, 1.82) is 0 Å². The summed E-state index contributed by atoms with van der Waals surface area (Å²) in [7, 11) is 0. The Kier molecular flexibility index (Phi) is 9.79. The lowest BCUT2D eigenvalue weighted by Gasteiger charge is -2.30. The van der Waals surface area contributed by atoms with E-state index in [1.165, 1.54) is 11.1 Å². The summed E-state index contributed by atoms with van der Waals surface area (Å²) >= 11 is 0. The highest BCUT2D eigenvalue weighted by atomic mass is 16.3. The van der Waals surface area contributed by atoms with Crippen LogP contribution in [0.5, 0.6) is 0 Å². The minimum Gasteiger partial charge on any atom is -0.456 e. The zero-order valence-corrected chi connectivity index (χ0v) is 32.1. The fourth-order valence-corrected chi connectivity index (χ4v) is 7.68. The number of anilines is 6. The topological polar surface area (TPSA) is 19.6 Å². The largest absolute Gasteiger partial charge is 0.456 e. The summed E-state index contributed by atoms with van der Waals surface area (Å²) in [5, 5.41) is 2.23. The van der Waals surface area contributed by atoms with Crippen LogP contribution in [0.15, 0.2) is 211 Å². The Morgan fingerprint density at radius 1 is 0.333 bits per heavy atom. The molecule has 0 saturated heterocycles. The van der Waals surface area contributed by atoms with Crippen molar-refractivity contribution in [1.82, 2.24) is 0 Å². The number of para-hydroxylation sites is 2. The second kappa shape index (κ2) is 15.8. The molecular weight excluding hydrogens is 693 g/mol. The van der Waals surface area contributed by atoms with Crippen molar-refractivity contribution in [2.24, 2.45) is 0 Å². The number of allylic oxidation sites excluding steroid dienone is 2. The Morgan fingerprint density at radius 3 is 1.37 bits per heavy atom. The van der Waals surface area contributed by atoms with E-state index in [9.17, 15) is 0 Å². The van der Waals surface area contributed by atoms with Gasteiger partial charge in [-0.25, -0.2) is 0 Å². The number of hydrogen-bond donors (Lipinski definition) is 0. The molecule has 0 unspecified atom stereocenters. The molecule has 0 saturated carbocycles. The Balaban J connectivity index is 1.27. The van der Waals surface area contributed by atoms with Crippen molar-refractivity contribution in [3.63, 3.8) is 0 Å². The normalized spacial score (nSPS) is 11.5. The van der Waals surface area contributed by atoms with E-state index in [-0.39, 0.29) is 0 Å². The number of nitrogens with zero attached hydrogens (tertiary/aromatic N) is 2. The molecule has 57 heavy (non-hydrogen) atoms. The second-order valence-electron chi connectivity index (χ2n) is 14.1. The average molecular weight is 735 g/mol. The Bertz CT molecular complexity index is 2780. The quantitative estimate of drug-likeness (QED) is 0.139. The van der Waals surface area contributed by atoms with Crippen LogP contribution >= 0.6 is 0 Å². The molecule has 8 aromatic carbocycles. The van der Waals surface area contributed by atoms with Gasteiger partial charge < -0.3 is 14.2 Å². The first-order valence-corrected chi connectivity index (χ1v) is 19.5. The third-order valence-electron chi connectivity index (χ3n) is 10.4. The highest BCUT2D eigenvalue weighted by Crippen LogP contribution is 2.44. The molecule has 9 aromatic rings. The van der Waals surface area contributed by atoms with Crippen LogP contribution in [0.3, 0.4) is 0 Å². The predicted molar refractivity (Wildman–Crippen MR) is 243 cm³/mol. The maximum Gasteiger partial charge on any atom is 0.136 e. The molecule has 1 heterocycles. The molecule has 0 atom stereocenters. The molecule has 0 bridgehead atoms. The molecule has 1 aromatic heterocycles. The smallest absolute Gasteiger partial charge is 0.136 e. The first-order chi connectivity index (χ1) is 28.1. The summed E-state index contributed by atoms with van der Waals surface area (Å²) in [6, 6.07) is 69.4. The van der Waals surface area contributed by atoms with Crippen LogP contribution in [-0.4, -0.2) is 0 Å². The van der Waals surface area contributed by atoms with Crippen LogP contribution in [-0.2, 0) is 0 Å². The third-order valence-corrected chi connectivity index (χ3v) is 10.4. The fraction of sp³-hybridized carbons (Fsp3) is 0.0370. The molecule has 0 N–H and O–H groups in total. The molecule has 0 aliphatic heterocycles. The van der Waals surface area contributed by atoms with Gasteiger partial charge in [-0.05, 0) is 132 Å². The monoisotopic (exact) mass is 734 g/mol. The molecular formula is C54H42N2O. The zero-order valence-electron chi connectivity index (χ0n) is 32.1. The van der Waals surface area contributed by atoms with E-state index >= 15 is 0 Å². The molecule has 274 valence electrons. The van der Waals surface area contributed by atoms with E-state index in [0.29, 0.717) is 0 Å². The van der Waals surface area contributed by atoms with Gasteiger partial charge in [0.15, 0.2) is 0 Å². The summed E-state index contributed by atoms with van der Waals surface area (Å²) in [6.45, 7) is 4.10. The molecule has 0 aliphatic carbocycles. The standard InChI is InChI=1S/C54H42N2O/c1-3-13-39-21-28-46(29-22-39)56(47-30-23-40(14-4-2)24-31-47)50-36-44(43-27-34-52-51-19-11-12-20-53(51)57-54(52)37-43)35-49(38-50)55(45-17-9-6-10-18-45)48-32-25-42(26-33-48)41-15-7-5-8-16-41/h3-38H,1-2H3/b13-3+,14-4+. The van der Waals surface area contributed by atoms with Crippen molar-refractivity contribution in [2.45, 2.75) is 13.8 Å². The van der Waals surface area contributed by atoms with E-state index < -0.39 is 0 Å². The summed E-state index contributed by atoms with van der Waals surface area (Å²) < 4.78 is 6.43. The summed E-state index contributed by atoms with van der Waals surface area (Å²) in [5.41, 5.74) is 14.9. The number of fused-ring (bicyclic) bond motifs is 3. The minimum absolute atomic E-state index is 0.869. The minimum atomic E-state index is 0.869. The van der Waals surface area contributed by atoms with Gasteiger partial charge in [0.1, 0.15) is 11.2 Å². The summed E-state index contributed by atoms with van der Waals surface area (Å²) in [4.78, 5) is 4.71. The van der Waals surface area contributed by atoms with E-state index in [1.54, 1.807) is 0 Å². The van der Waals surface area contributed by atoms with Gasteiger partial charge in [0, 0.05) is 44.9 Å². The number of furan rings is 1. The lowest BCUT2D eigenvalue weighted by atomic mass is 10.00. The SMILES string of the molecule is C/C=C/c1ccc(N(c2ccc(/C=C/C)cc2)c2cc(-c3ccc4c(c3)oc3ccccc34)cc(N(c3ccccc3)c3ccc(-c4ccccc4)cc3)c2)cc1. The molecule has 3 nitrogen and oxygen atoms in total. The maximum atomic E-state index is 6.43. The molecule has 3 heteroatoms. The van der Waals surface area contributed by atoms with Gasteiger partial charge in [0.05, 0.1) is 0 Å². The average Bonchev–Trinajstić information content (AvgIpc) is 3.64. The molecule has 0 aliphatic rings. The number of hydrogen-bond acceptors (Lipinski definition) is 3. The van der Waals surface area contributed by atoms with Gasteiger partial charge in [-0.2, -0.15) is 0 Å². The first kappa shape index (κ1) is 35.3. The van der Waals surface area contributed by atoms with E-state index in [1.807, 2.05) is 12.1 Å². The van der Waals surface area contributed by atoms with Crippen molar-refractivity contribution >= 4 is 68.2 Å². The Labute approximate surface area is 334 Å². The van der Waals surface area contributed by atoms with Crippen LogP contribution in [0.2, 0.25) is 0 Å². The van der Waals surface area contributed by atoms with Gasteiger partial charge in [0.2, 0.25) is 0 Å². The van der Waals surface area contributed by atoms with Crippen LogP contribution in [0.4, 0.5) is 34.1 Å². The van der Waals surface area contributed by atoms with Gasteiger partial charge in [-0.15, -0.1) is 0 Å². The molecule has 0 radical (unpaired) electrons. The van der Waals surface area contributed by atoms with Crippen LogP contribution < -0.4 is 9.80 Å². The van der Waals surface area contributed by atoms with Crippen molar-refractivity contribution < 1.29 is 4.42 Å². The third kappa shape index (κ3) is 7.27. The molecule has 9 rings (SSSR count). The van der Waals surface area contributed by atoms with Crippen molar-refractivity contribution in [3.05, 3.63) is 217 Å². The Morgan fingerprint density at radius 2 is 0.789 bits per heavy atom. The predicted octanol–water partition coefficient (Wildman–Crippen LogP) is 15.9. The lowest BCUT2D eigenvalue weighted by molar-refractivity contribution is 0.669. The maximum absolute atomic E-state index is 6.43. The molecule has 0 fully saturated rings. The first-order valence-electron chi connectivity index (χ1n) is 19.5. The summed E-state index contributed by atoms with van der Waals surface area (Å²) in [5.74, 6) is 0. The van der Waals surface area contributed by atoms with E-state index in [4.69, 9.17) is 4.42 Å². The van der Waals surface area contributed by atoms with Crippen molar-refractivity contribution in [2.75, 3.05) is 9.80 Å². The fourth-order valence-electron chi connectivity index (χ4n) is 7.68. The van der Waals surface area contributed by atoms with Gasteiger partial charge in [-0.3, -0.25) is 0 Å². The van der Waals surface area contributed by atoms with Crippen LogP contribution in [0, 0.1) is 0 Å². The zero-order chi connectivity index (χ0) is 38.6. The van der Waals surface area contributed by atoms with Crippen LogP contribution in [0.25, 0.3) is 56.3 Å². The Hall–Kier alpha value is -7.36. The summed E-state index contributed by atoms with van der Waals surface area (Å²) in [6.07, 6.45) is 8.42. The van der Waals surface area contributed by atoms with E-state index in [2.05, 4.69) is 230 Å². The highest BCUT2D eigenvalue weighted by Gasteiger charge is 2.20. The van der Waals surface area contributed by atoms with Crippen molar-refractivity contribution in [3.8, 4) is 22.3 Å². The lowest BCUT2D eigenvalue weighted by Crippen LogP contribution is -2.13. The molecule has 0 amide bonds. The highest BCUT2D eigenvalue weighted by molar-refractivity contribution is 6.06. The van der Waals surface area contributed by atoms with Crippen LogP contribution in [0.1, 0.15) is 25.0 Å². The second-order valence-corrected chi connectivity index (χ2v) is 14.1. The van der Waals surface area contributed by atoms with E-state index in [0.717, 1.165) is 78.3 Å². The number of benzene rings is 8. The van der Waals surface area contributed by atoms with Gasteiger partial charge in [-0.1, -0.05) is 133 Å². The van der Waals surface area contributed by atoms with Gasteiger partial charge in [0.25, 0.3) is 0 Å².